The van der Waals surface area contributed by atoms with E-state index < -0.39 is 5.97 Å². The number of hydrogen-bond acceptors (Lipinski definition) is 1. The minimum absolute atomic E-state index is 0.585. The van der Waals surface area contributed by atoms with Crippen molar-refractivity contribution in [1.82, 2.24) is 0 Å². The number of rotatable bonds is 3. The zero-order valence-corrected chi connectivity index (χ0v) is 8.58. The van der Waals surface area contributed by atoms with Crippen molar-refractivity contribution in [3.8, 4) is 0 Å². The summed E-state index contributed by atoms with van der Waals surface area (Å²) in [5, 5.41) is 9.23. The fourth-order valence-electron chi connectivity index (χ4n) is 1.24. The van der Waals surface area contributed by atoms with Crippen molar-refractivity contribution in [2.75, 3.05) is 0 Å². The molecule has 0 aliphatic heterocycles. The van der Waals surface area contributed by atoms with Gasteiger partial charge in [0.1, 0.15) is 0 Å². The van der Waals surface area contributed by atoms with Crippen LogP contribution in [0.3, 0.4) is 0 Å². The molecule has 0 fully saturated rings. The highest BCUT2D eigenvalue weighted by atomic mass is 35.5. The quantitative estimate of drug-likeness (QED) is 0.778. The Balaban J connectivity index is 3.13. The van der Waals surface area contributed by atoms with Crippen LogP contribution in [0, 0.1) is 0 Å². The molecule has 74 valence electrons. The lowest BCUT2D eigenvalue weighted by Gasteiger charge is -2.05. The lowest BCUT2D eigenvalue weighted by atomic mass is 10.0. The number of hydrogen-bond donors (Lipinski definition) is 1. The van der Waals surface area contributed by atoms with Crippen molar-refractivity contribution in [1.29, 1.82) is 0 Å². The molecule has 1 aromatic rings. The molecule has 0 amide bonds. The Kier molecular flexibility index (Phi) is 3.72. The number of allylic oxidation sites excluding steroid dienone is 1. The second kappa shape index (κ2) is 4.82. The van der Waals surface area contributed by atoms with Crippen molar-refractivity contribution < 1.29 is 9.90 Å². The highest BCUT2D eigenvalue weighted by Crippen LogP contribution is 2.25. The molecule has 0 heterocycles. The third kappa shape index (κ3) is 2.60. The summed E-state index contributed by atoms with van der Waals surface area (Å²) >= 11 is 5.95. The Morgan fingerprint density at radius 2 is 2.14 bits per heavy atom. The second-order valence-electron chi connectivity index (χ2n) is 2.84. The van der Waals surface area contributed by atoms with Gasteiger partial charge >= 0.3 is 5.97 Å². The molecule has 14 heavy (non-hydrogen) atoms. The highest BCUT2D eigenvalue weighted by Gasteiger charge is 2.05. The summed E-state index contributed by atoms with van der Waals surface area (Å²) in [4.78, 5) is 10.5. The summed E-state index contributed by atoms with van der Waals surface area (Å²) in [5.74, 6) is -0.943. The first-order chi connectivity index (χ1) is 6.65. The van der Waals surface area contributed by atoms with Crippen molar-refractivity contribution in [3.05, 3.63) is 40.9 Å². The van der Waals surface area contributed by atoms with Gasteiger partial charge in [0.25, 0.3) is 0 Å². The van der Waals surface area contributed by atoms with E-state index in [4.69, 9.17) is 16.7 Å². The molecule has 1 rings (SSSR count). The van der Waals surface area contributed by atoms with E-state index in [1.807, 2.05) is 25.1 Å². The average Bonchev–Trinajstić information content (AvgIpc) is 2.15. The van der Waals surface area contributed by atoms with Crippen LogP contribution in [-0.4, -0.2) is 11.1 Å². The van der Waals surface area contributed by atoms with Gasteiger partial charge in [-0.3, -0.25) is 0 Å². The predicted octanol–water partition coefficient (Wildman–Crippen LogP) is 3.22. The Labute approximate surface area is 87.8 Å². The summed E-state index contributed by atoms with van der Waals surface area (Å²) in [6, 6.07) is 7.23. The monoisotopic (exact) mass is 210 g/mol. The third-order valence-electron chi connectivity index (χ3n) is 1.90. The number of halogens is 1. The molecule has 0 atom stereocenters. The van der Waals surface area contributed by atoms with Crippen LogP contribution in [0.2, 0.25) is 5.02 Å². The van der Waals surface area contributed by atoms with Gasteiger partial charge < -0.3 is 5.11 Å². The van der Waals surface area contributed by atoms with Gasteiger partial charge in [-0.2, -0.15) is 0 Å². The molecule has 3 heteroatoms. The molecule has 0 bridgehead atoms. The zero-order valence-electron chi connectivity index (χ0n) is 7.83. The Hall–Kier alpha value is -1.28. The van der Waals surface area contributed by atoms with Crippen LogP contribution in [0.1, 0.15) is 18.9 Å². The van der Waals surface area contributed by atoms with Crippen LogP contribution in [0.15, 0.2) is 30.3 Å². The van der Waals surface area contributed by atoms with Gasteiger partial charge in [0.15, 0.2) is 0 Å². The fraction of sp³-hybridized carbons (Fsp3) is 0.182. The van der Waals surface area contributed by atoms with E-state index >= 15 is 0 Å². The smallest absolute Gasteiger partial charge is 0.328 e. The molecule has 1 aromatic carbocycles. The summed E-state index contributed by atoms with van der Waals surface area (Å²) in [6.45, 7) is 1.90. The van der Waals surface area contributed by atoms with Gasteiger partial charge in [-0.25, -0.2) is 4.79 Å². The Bertz CT molecular complexity index is 369. The number of benzene rings is 1. The standard InChI is InChI=1S/C11H11ClO2/c1-2-8(7-11(13)14)9-5-3-4-6-10(9)12/h3-7H,2H2,1H3,(H,13,14)/b8-7+. The van der Waals surface area contributed by atoms with E-state index in [2.05, 4.69) is 0 Å². The van der Waals surface area contributed by atoms with Crippen LogP contribution >= 0.6 is 11.6 Å². The molecule has 0 saturated carbocycles. The summed E-state index contributed by atoms with van der Waals surface area (Å²) in [5.41, 5.74) is 1.53. The molecule has 0 saturated heterocycles. The minimum atomic E-state index is -0.943. The molecular weight excluding hydrogens is 200 g/mol. The van der Waals surface area contributed by atoms with E-state index in [1.165, 1.54) is 6.08 Å². The normalized spacial score (nSPS) is 11.4. The largest absolute Gasteiger partial charge is 0.478 e. The van der Waals surface area contributed by atoms with Gasteiger partial charge in [-0.1, -0.05) is 36.7 Å². The number of carbonyl (C=O) groups is 1. The Morgan fingerprint density at radius 3 is 2.64 bits per heavy atom. The Morgan fingerprint density at radius 1 is 1.50 bits per heavy atom. The lowest BCUT2D eigenvalue weighted by molar-refractivity contribution is -0.131. The maximum atomic E-state index is 10.5. The molecule has 0 unspecified atom stereocenters. The molecular formula is C11H11ClO2. The highest BCUT2D eigenvalue weighted by molar-refractivity contribution is 6.32. The third-order valence-corrected chi connectivity index (χ3v) is 2.23. The maximum Gasteiger partial charge on any atom is 0.328 e. The van der Waals surface area contributed by atoms with E-state index in [0.717, 1.165) is 11.1 Å². The fourth-order valence-corrected chi connectivity index (χ4v) is 1.50. The number of carboxylic acids is 1. The molecule has 1 N–H and O–H groups in total. The zero-order chi connectivity index (χ0) is 10.6. The summed E-state index contributed by atoms with van der Waals surface area (Å²) in [6.07, 6.45) is 1.84. The molecule has 2 nitrogen and oxygen atoms in total. The maximum absolute atomic E-state index is 10.5. The molecule has 0 spiro atoms. The molecule has 0 aliphatic rings. The van der Waals surface area contributed by atoms with Gasteiger partial charge in [0, 0.05) is 11.1 Å². The first-order valence-electron chi connectivity index (χ1n) is 4.33. The number of carboxylic acid groups (broad SMARTS) is 1. The van der Waals surface area contributed by atoms with Crippen LogP contribution in [0.25, 0.3) is 5.57 Å². The van der Waals surface area contributed by atoms with Crippen molar-refractivity contribution in [3.63, 3.8) is 0 Å². The van der Waals surface area contributed by atoms with Crippen LogP contribution < -0.4 is 0 Å². The van der Waals surface area contributed by atoms with E-state index in [9.17, 15) is 4.79 Å². The van der Waals surface area contributed by atoms with E-state index in [0.29, 0.717) is 11.4 Å². The molecule has 0 aromatic heterocycles. The van der Waals surface area contributed by atoms with Crippen LogP contribution in [0.5, 0.6) is 0 Å². The number of aliphatic carboxylic acids is 1. The van der Waals surface area contributed by atoms with Gasteiger partial charge in [0.05, 0.1) is 0 Å². The lowest BCUT2D eigenvalue weighted by Crippen LogP contribution is -1.92. The van der Waals surface area contributed by atoms with Gasteiger partial charge in [0.2, 0.25) is 0 Å². The predicted molar refractivity (Wildman–Crippen MR) is 57.4 cm³/mol. The molecule has 0 aliphatic carbocycles. The topological polar surface area (TPSA) is 37.3 Å². The molecule has 0 radical (unpaired) electrons. The summed E-state index contributed by atoms with van der Waals surface area (Å²) < 4.78 is 0. The van der Waals surface area contributed by atoms with E-state index in [-0.39, 0.29) is 0 Å². The second-order valence-corrected chi connectivity index (χ2v) is 3.25. The van der Waals surface area contributed by atoms with Crippen molar-refractivity contribution in [2.24, 2.45) is 0 Å². The van der Waals surface area contributed by atoms with Crippen LogP contribution in [0.4, 0.5) is 0 Å². The SMILES string of the molecule is CC/C(=C\C(=O)O)c1ccccc1Cl. The first-order valence-corrected chi connectivity index (χ1v) is 4.71. The van der Waals surface area contributed by atoms with Crippen LogP contribution in [-0.2, 0) is 4.79 Å². The summed E-state index contributed by atoms with van der Waals surface area (Å²) in [7, 11) is 0. The van der Waals surface area contributed by atoms with Gasteiger partial charge in [-0.15, -0.1) is 0 Å². The van der Waals surface area contributed by atoms with E-state index in [1.54, 1.807) is 6.07 Å². The average molecular weight is 211 g/mol. The van der Waals surface area contributed by atoms with Crippen molar-refractivity contribution >= 4 is 23.1 Å². The van der Waals surface area contributed by atoms with Gasteiger partial charge in [-0.05, 0) is 23.6 Å². The minimum Gasteiger partial charge on any atom is -0.478 e. The first kappa shape index (κ1) is 10.8. The van der Waals surface area contributed by atoms with Crippen molar-refractivity contribution in [2.45, 2.75) is 13.3 Å².